The number of nitrogens with zero attached hydrogens (tertiary/aromatic N) is 2. The molecule has 3 aromatic carbocycles. The summed E-state index contributed by atoms with van der Waals surface area (Å²) in [4.78, 5) is 5.07. The van der Waals surface area contributed by atoms with Gasteiger partial charge in [0.05, 0.1) is 26.4 Å². The molecule has 0 saturated carbocycles. The van der Waals surface area contributed by atoms with Crippen LogP contribution in [0.4, 0.5) is 0 Å². The summed E-state index contributed by atoms with van der Waals surface area (Å²) in [6, 6.07) is 27.3. The molecule has 3 aromatic rings. The van der Waals surface area contributed by atoms with Crippen molar-refractivity contribution in [3.05, 3.63) is 101 Å². The van der Waals surface area contributed by atoms with Gasteiger partial charge in [0.25, 0.3) is 0 Å². The van der Waals surface area contributed by atoms with Crippen molar-refractivity contribution >= 4 is 11.6 Å². The third-order valence-corrected chi connectivity index (χ3v) is 6.28. The first kappa shape index (κ1) is 22.8. The molecule has 1 aliphatic rings. The topological polar surface area (TPSA) is 24.9 Å². The third-order valence-electron chi connectivity index (χ3n) is 6.03. The molecule has 1 heterocycles. The number of ether oxygens (including phenoxy) is 2. The second-order valence-electron chi connectivity index (χ2n) is 8.15. The SMILES string of the molecule is COc1cccc(COCCN2CCN(C(c3ccccc3)c3ccc(Cl)cc3)CC2)c1. The van der Waals surface area contributed by atoms with Crippen LogP contribution in [-0.2, 0) is 11.3 Å². The van der Waals surface area contributed by atoms with E-state index in [1.54, 1.807) is 7.11 Å². The quantitative estimate of drug-likeness (QED) is 0.414. The van der Waals surface area contributed by atoms with Crippen LogP contribution in [-0.4, -0.2) is 56.2 Å². The Morgan fingerprint density at radius 1 is 0.844 bits per heavy atom. The zero-order valence-corrected chi connectivity index (χ0v) is 19.4. The number of hydrogen-bond donors (Lipinski definition) is 0. The van der Waals surface area contributed by atoms with E-state index in [9.17, 15) is 0 Å². The van der Waals surface area contributed by atoms with Gasteiger partial charge in [-0.15, -0.1) is 0 Å². The monoisotopic (exact) mass is 450 g/mol. The molecule has 5 heteroatoms. The predicted molar refractivity (Wildman–Crippen MR) is 130 cm³/mol. The van der Waals surface area contributed by atoms with Crippen molar-refractivity contribution in [2.45, 2.75) is 12.6 Å². The van der Waals surface area contributed by atoms with Crippen LogP contribution in [0, 0.1) is 0 Å². The normalized spacial score (nSPS) is 16.1. The highest BCUT2D eigenvalue weighted by molar-refractivity contribution is 6.30. The van der Waals surface area contributed by atoms with Crippen molar-refractivity contribution < 1.29 is 9.47 Å². The minimum Gasteiger partial charge on any atom is -0.497 e. The summed E-state index contributed by atoms with van der Waals surface area (Å²) in [5.74, 6) is 0.871. The first-order valence-corrected chi connectivity index (χ1v) is 11.6. The van der Waals surface area contributed by atoms with Gasteiger partial charge in [0.1, 0.15) is 5.75 Å². The van der Waals surface area contributed by atoms with Gasteiger partial charge in [0.15, 0.2) is 0 Å². The second-order valence-corrected chi connectivity index (χ2v) is 8.58. The lowest BCUT2D eigenvalue weighted by molar-refractivity contribution is 0.0608. The van der Waals surface area contributed by atoms with E-state index in [1.807, 2.05) is 30.3 Å². The molecule has 0 N–H and O–H groups in total. The van der Waals surface area contributed by atoms with E-state index >= 15 is 0 Å². The molecule has 0 radical (unpaired) electrons. The number of hydrogen-bond acceptors (Lipinski definition) is 4. The fourth-order valence-corrected chi connectivity index (χ4v) is 4.41. The van der Waals surface area contributed by atoms with Gasteiger partial charge in [-0.1, -0.05) is 66.2 Å². The lowest BCUT2D eigenvalue weighted by Gasteiger charge is -2.39. The molecule has 168 valence electrons. The fourth-order valence-electron chi connectivity index (χ4n) is 4.29. The van der Waals surface area contributed by atoms with E-state index in [4.69, 9.17) is 21.1 Å². The molecule has 0 spiro atoms. The molecule has 0 aliphatic carbocycles. The maximum Gasteiger partial charge on any atom is 0.119 e. The summed E-state index contributed by atoms with van der Waals surface area (Å²) in [7, 11) is 1.69. The zero-order valence-electron chi connectivity index (χ0n) is 18.6. The van der Waals surface area contributed by atoms with Crippen molar-refractivity contribution in [2.24, 2.45) is 0 Å². The van der Waals surface area contributed by atoms with Crippen LogP contribution in [0.15, 0.2) is 78.9 Å². The Labute approximate surface area is 196 Å². The third kappa shape index (κ3) is 6.11. The van der Waals surface area contributed by atoms with E-state index in [-0.39, 0.29) is 6.04 Å². The highest BCUT2D eigenvalue weighted by atomic mass is 35.5. The van der Waals surface area contributed by atoms with Crippen LogP contribution >= 0.6 is 11.6 Å². The first-order chi connectivity index (χ1) is 15.7. The zero-order chi connectivity index (χ0) is 22.2. The molecule has 4 rings (SSSR count). The molecule has 0 aromatic heterocycles. The van der Waals surface area contributed by atoms with E-state index in [1.165, 1.54) is 11.1 Å². The minimum atomic E-state index is 0.250. The van der Waals surface area contributed by atoms with Gasteiger partial charge in [-0.25, -0.2) is 0 Å². The maximum absolute atomic E-state index is 6.14. The van der Waals surface area contributed by atoms with Crippen molar-refractivity contribution in [1.29, 1.82) is 0 Å². The highest BCUT2D eigenvalue weighted by Gasteiger charge is 2.26. The molecule has 1 fully saturated rings. The van der Waals surface area contributed by atoms with Gasteiger partial charge < -0.3 is 9.47 Å². The Morgan fingerprint density at radius 3 is 2.28 bits per heavy atom. The molecule has 0 bridgehead atoms. The van der Waals surface area contributed by atoms with Crippen LogP contribution in [0.25, 0.3) is 0 Å². The Bertz CT molecular complexity index is 957. The van der Waals surface area contributed by atoms with E-state index in [0.717, 1.165) is 55.7 Å². The van der Waals surface area contributed by atoms with Crippen molar-refractivity contribution in [2.75, 3.05) is 46.4 Å². The van der Waals surface area contributed by atoms with E-state index in [0.29, 0.717) is 6.61 Å². The first-order valence-electron chi connectivity index (χ1n) is 11.2. The maximum atomic E-state index is 6.14. The average Bonchev–Trinajstić information content (AvgIpc) is 2.85. The summed E-state index contributed by atoms with van der Waals surface area (Å²) in [5.41, 5.74) is 3.75. The summed E-state index contributed by atoms with van der Waals surface area (Å²) in [6.45, 7) is 6.43. The van der Waals surface area contributed by atoms with Crippen LogP contribution < -0.4 is 4.74 Å². The van der Waals surface area contributed by atoms with Crippen molar-refractivity contribution in [3.63, 3.8) is 0 Å². The molecule has 1 unspecified atom stereocenters. The van der Waals surface area contributed by atoms with Gasteiger partial charge >= 0.3 is 0 Å². The molecular weight excluding hydrogens is 420 g/mol. The molecule has 4 nitrogen and oxygen atoms in total. The van der Waals surface area contributed by atoms with Gasteiger partial charge in [0, 0.05) is 37.7 Å². The van der Waals surface area contributed by atoms with Crippen LogP contribution in [0.1, 0.15) is 22.7 Å². The van der Waals surface area contributed by atoms with Gasteiger partial charge in [-0.3, -0.25) is 9.80 Å². The molecule has 1 aliphatic heterocycles. The standard InChI is InChI=1S/C27H31ClN2O2/c1-31-26-9-5-6-22(20-26)21-32-19-18-29-14-16-30(17-15-29)27(23-7-3-2-4-8-23)24-10-12-25(28)13-11-24/h2-13,20,27H,14-19,21H2,1H3. The van der Waals surface area contributed by atoms with Crippen molar-refractivity contribution in [1.82, 2.24) is 9.80 Å². The highest BCUT2D eigenvalue weighted by Crippen LogP contribution is 2.30. The fraction of sp³-hybridized carbons (Fsp3) is 0.333. The summed E-state index contributed by atoms with van der Waals surface area (Å²) < 4.78 is 11.2. The van der Waals surface area contributed by atoms with Gasteiger partial charge in [-0.05, 0) is 41.0 Å². The van der Waals surface area contributed by atoms with Gasteiger partial charge in [0.2, 0.25) is 0 Å². The van der Waals surface area contributed by atoms with Crippen LogP contribution in [0.3, 0.4) is 0 Å². The minimum absolute atomic E-state index is 0.250. The Hall–Kier alpha value is -2.37. The molecule has 1 atom stereocenters. The molecule has 1 saturated heterocycles. The smallest absolute Gasteiger partial charge is 0.119 e. The number of methoxy groups -OCH3 is 1. The molecule has 0 amide bonds. The largest absolute Gasteiger partial charge is 0.497 e. The average molecular weight is 451 g/mol. The van der Waals surface area contributed by atoms with E-state index in [2.05, 4.69) is 58.3 Å². The Morgan fingerprint density at radius 2 is 1.56 bits per heavy atom. The second kappa shape index (κ2) is 11.5. The summed E-state index contributed by atoms with van der Waals surface area (Å²) >= 11 is 6.14. The lowest BCUT2D eigenvalue weighted by Crippen LogP contribution is -2.48. The lowest BCUT2D eigenvalue weighted by atomic mass is 9.96. The number of rotatable bonds is 9. The number of piperazine rings is 1. The van der Waals surface area contributed by atoms with Crippen LogP contribution in [0.2, 0.25) is 5.02 Å². The van der Waals surface area contributed by atoms with Crippen LogP contribution in [0.5, 0.6) is 5.75 Å². The number of benzene rings is 3. The van der Waals surface area contributed by atoms with E-state index < -0.39 is 0 Å². The van der Waals surface area contributed by atoms with Gasteiger partial charge in [-0.2, -0.15) is 0 Å². The summed E-state index contributed by atoms with van der Waals surface area (Å²) in [5, 5.41) is 0.777. The molecule has 32 heavy (non-hydrogen) atoms. The number of halogens is 1. The summed E-state index contributed by atoms with van der Waals surface area (Å²) in [6.07, 6.45) is 0. The molecular formula is C27H31ClN2O2. The Balaban J connectivity index is 1.29. The van der Waals surface area contributed by atoms with Crippen molar-refractivity contribution in [3.8, 4) is 5.75 Å². The Kier molecular flexibility index (Phi) is 8.18. The predicted octanol–water partition coefficient (Wildman–Crippen LogP) is 5.27.